The van der Waals surface area contributed by atoms with Crippen LogP contribution in [0.4, 0.5) is 5.82 Å². The van der Waals surface area contributed by atoms with Crippen molar-refractivity contribution in [3.05, 3.63) is 60.1 Å². The van der Waals surface area contributed by atoms with Crippen molar-refractivity contribution in [2.45, 2.75) is 6.54 Å². The SMILES string of the molecule is c1ccc(-c2nc(CN3CCN(c4ncnc5sccc45)CC3)co2)cc1. The quantitative estimate of drug-likeness (QED) is 0.541. The molecule has 1 saturated heterocycles. The van der Waals surface area contributed by atoms with Crippen molar-refractivity contribution in [1.29, 1.82) is 0 Å². The number of nitrogens with zero attached hydrogens (tertiary/aromatic N) is 5. The fourth-order valence-corrected chi connectivity index (χ4v) is 4.20. The molecule has 0 bridgehead atoms. The molecule has 0 N–H and O–H groups in total. The largest absolute Gasteiger partial charge is 0.444 e. The van der Waals surface area contributed by atoms with E-state index in [9.17, 15) is 0 Å². The molecule has 1 aliphatic heterocycles. The number of aromatic nitrogens is 3. The van der Waals surface area contributed by atoms with E-state index in [1.165, 1.54) is 0 Å². The first-order chi connectivity index (χ1) is 13.4. The van der Waals surface area contributed by atoms with Crippen LogP contribution in [0.3, 0.4) is 0 Å². The minimum absolute atomic E-state index is 0.685. The van der Waals surface area contributed by atoms with Gasteiger partial charge < -0.3 is 9.32 Å². The Kier molecular flexibility index (Phi) is 4.31. The second-order valence-electron chi connectivity index (χ2n) is 6.61. The first-order valence-electron chi connectivity index (χ1n) is 9.02. The highest BCUT2D eigenvalue weighted by Gasteiger charge is 2.21. The average molecular weight is 377 g/mol. The predicted octanol–water partition coefficient (Wildman–Crippen LogP) is 3.67. The predicted molar refractivity (Wildman–Crippen MR) is 107 cm³/mol. The normalized spacial score (nSPS) is 15.5. The van der Waals surface area contributed by atoms with Crippen LogP contribution in [-0.4, -0.2) is 46.0 Å². The smallest absolute Gasteiger partial charge is 0.226 e. The number of rotatable bonds is 4. The van der Waals surface area contributed by atoms with Crippen molar-refractivity contribution >= 4 is 27.4 Å². The van der Waals surface area contributed by atoms with E-state index < -0.39 is 0 Å². The molecule has 1 fully saturated rings. The van der Waals surface area contributed by atoms with Crippen LogP contribution in [0.1, 0.15) is 5.69 Å². The molecule has 4 aromatic rings. The minimum atomic E-state index is 0.685. The Hall–Kier alpha value is -2.77. The van der Waals surface area contributed by atoms with Gasteiger partial charge in [-0.1, -0.05) is 18.2 Å². The van der Waals surface area contributed by atoms with Crippen LogP contribution in [0.25, 0.3) is 21.7 Å². The van der Waals surface area contributed by atoms with Gasteiger partial charge in [-0.05, 0) is 23.6 Å². The highest BCUT2D eigenvalue weighted by atomic mass is 32.1. The fraction of sp³-hybridized carbons (Fsp3) is 0.250. The molecule has 1 aliphatic rings. The molecule has 27 heavy (non-hydrogen) atoms. The summed E-state index contributed by atoms with van der Waals surface area (Å²) < 4.78 is 5.66. The van der Waals surface area contributed by atoms with Gasteiger partial charge in [0.05, 0.1) is 11.1 Å². The summed E-state index contributed by atoms with van der Waals surface area (Å²) in [5.41, 5.74) is 1.99. The highest BCUT2D eigenvalue weighted by Crippen LogP contribution is 2.27. The molecule has 136 valence electrons. The summed E-state index contributed by atoms with van der Waals surface area (Å²) in [7, 11) is 0. The monoisotopic (exact) mass is 377 g/mol. The lowest BCUT2D eigenvalue weighted by atomic mass is 10.2. The summed E-state index contributed by atoms with van der Waals surface area (Å²) in [6.07, 6.45) is 3.44. The molecular weight excluding hydrogens is 358 g/mol. The summed E-state index contributed by atoms with van der Waals surface area (Å²) in [6, 6.07) is 12.1. The Morgan fingerprint density at radius 1 is 1.00 bits per heavy atom. The molecule has 0 unspecified atom stereocenters. The zero-order chi connectivity index (χ0) is 18.1. The molecule has 0 aliphatic carbocycles. The van der Waals surface area contributed by atoms with E-state index in [1.54, 1.807) is 23.9 Å². The molecular formula is C20H19N5OS. The van der Waals surface area contributed by atoms with Crippen molar-refractivity contribution in [3.63, 3.8) is 0 Å². The van der Waals surface area contributed by atoms with Gasteiger partial charge in [0, 0.05) is 38.3 Å². The van der Waals surface area contributed by atoms with Gasteiger partial charge in [-0.2, -0.15) is 0 Å². The number of benzene rings is 1. The third-order valence-corrected chi connectivity index (χ3v) is 5.69. The van der Waals surface area contributed by atoms with Gasteiger partial charge >= 0.3 is 0 Å². The third-order valence-electron chi connectivity index (χ3n) is 4.87. The topological polar surface area (TPSA) is 58.3 Å². The maximum absolute atomic E-state index is 5.66. The lowest BCUT2D eigenvalue weighted by Crippen LogP contribution is -2.46. The van der Waals surface area contributed by atoms with Gasteiger partial charge in [-0.15, -0.1) is 11.3 Å². The van der Waals surface area contributed by atoms with Crippen LogP contribution >= 0.6 is 11.3 Å². The van der Waals surface area contributed by atoms with E-state index in [0.717, 1.165) is 60.0 Å². The summed E-state index contributed by atoms with van der Waals surface area (Å²) >= 11 is 1.66. The molecule has 0 atom stereocenters. The summed E-state index contributed by atoms with van der Waals surface area (Å²) in [5, 5.41) is 3.23. The number of hydrogen-bond acceptors (Lipinski definition) is 7. The standard InChI is InChI=1S/C20H19N5OS/c1-2-4-15(5-3-1)19-23-16(13-26-19)12-24-7-9-25(10-8-24)18-17-6-11-27-20(17)22-14-21-18/h1-6,11,13-14H,7-10,12H2. The number of anilines is 1. The maximum atomic E-state index is 5.66. The van der Waals surface area contributed by atoms with Crippen LogP contribution < -0.4 is 4.90 Å². The molecule has 0 amide bonds. The number of piperazine rings is 1. The van der Waals surface area contributed by atoms with Gasteiger partial charge in [0.25, 0.3) is 0 Å². The van der Waals surface area contributed by atoms with Crippen molar-refractivity contribution in [1.82, 2.24) is 19.9 Å². The van der Waals surface area contributed by atoms with Gasteiger partial charge in [0.15, 0.2) is 0 Å². The average Bonchev–Trinajstić information content (AvgIpc) is 3.38. The second-order valence-corrected chi connectivity index (χ2v) is 7.50. The van der Waals surface area contributed by atoms with E-state index in [-0.39, 0.29) is 0 Å². The highest BCUT2D eigenvalue weighted by molar-refractivity contribution is 7.16. The molecule has 4 heterocycles. The molecule has 3 aromatic heterocycles. The lowest BCUT2D eigenvalue weighted by Gasteiger charge is -2.35. The first kappa shape index (κ1) is 16.4. The fourth-order valence-electron chi connectivity index (χ4n) is 3.47. The lowest BCUT2D eigenvalue weighted by molar-refractivity contribution is 0.246. The Bertz CT molecular complexity index is 1040. The number of fused-ring (bicyclic) bond motifs is 1. The summed E-state index contributed by atoms with van der Waals surface area (Å²) in [4.78, 5) is 19.3. The summed E-state index contributed by atoms with van der Waals surface area (Å²) in [6.45, 7) is 4.66. The number of thiophene rings is 1. The molecule has 0 radical (unpaired) electrons. The Labute approximate surface area is 161 Å². The molecule has 7 heteroatoms. The Morgan fingerprint density at radius 2 is 1.85 bits per heavy atom. The third kappa shape index (κ3) is 3.31. The van der Waals surface area contributed by atoms with Crippen LogP contribution in [0.5, 0.6) is 0 Å². The minimum Gasteiger partial charge on any atom is -0.444 e. The van der Waals surface area contributed by atoms with Crippen LogP contribution in [0, 0.1) is 0 Å². The van der Waals surface area contributed by atoms with Crippen molar-refractivity contribution in [3.8, 4) is 11.5 Å². The van der Waals surface area contributed by atoms with Crippen molar-refractivity contribution in [2.24, 2.45) is 0 Å². The van der Waals surface area contributed by atoms with Gasteiger partial charge in [-0.25, -0.2) is 15.0 Å². The first-order valence-corrected chi connectivity index (χ1v) is 9.90. The van der Waals surface area contributed by atoms with Crippen molar-refractivity contribution in [2.75, 3.05) is 31.1 Å². The zero-order valence-corrected chi connectivity index (χ0v) is 15.6. The van der Waals surface area contributed by atoms with Crippen LogP contribution in [0.15, 0.2) is 58.8 Å². The zero-order valence-electron chi connectivity index (χ0n) is 14.8. The molecule has 1 aromatic carbocycles. The molecule has 6 nitrogen and oxygen atoms in total. The Morgan fingerprint density at radius 3 is 2.70 bits per heavy atom. The van der Waals surface area contributed by atoms with E-state index in [2.05, 4.69) is 36.2 Å². The van der Waals surface area contributed by atoms with Gasteiger partial charge in [0.2, 0.25) is 5.89 Å². The van der Waals surface area contributed by atoms with Crippen LogP contribution in [0.2, 0.25) is 0 Å². The van der Waals surface area contributed by atoms with Crippen LogP contribution in [-0.2, 0) is 6.54 Å². The number of oxazole rings is 1. The second kappa shape index (κ2) is 7.09. The van der Waals surface area contributed by atoms with E-state index in [4.69, 9.17) is 4.42 Å². The maximum Gasteiger partial charge on any atom is 0.226 e. The molecule has 5 rings (SSSR count). The van der Waals surface area contributed by atoms with Crippen molar-refractivity contribution < 1.29 is 4.42 Å². The van der Waals surface area contributed by atoms with E-state index in [0.29, 0.717) is 5.89 Å². The Balaban J connectivity index is 1.24. The molecule has 0 saturated carbocycles. The van der Waals surface area contributed by atoms with Gasteiger partial charge in [0.1, 0.15) is 23.2 Å². The summed E-state index contributed by atoms with van der Waals surface area (Å²) in [5.74, 6) is 1.73. The van der Waals surface area contributed by atoms with E-state index >= 15 is 0 Å². The molecule has 0 spiro atoms. The number of hydrogen-bond donors (Lipinski definition) is 0. The van der Waals surface area contributed by atoms with E-state index in [1.807, 2.05) is 30.3 Å². The van der Waals surface area contributed by atoms with Gasteiger partial charge in [-0.3, -0.25) is 4.90 Å².